The molecule has 8 N–H and O–H groups in total. The molecule has 428 valence electrons. The first kappa shape index (κ1) is 67.7. The Morgan fingerprint density at radius 2 is 1.24 bits per heavy atom. The van der Waals surface area contributed by atoms with Gasteiger partial charge in [0.05, 0.1) is 25.4 Å². The van der Waals surface area contributed by atoms with Crippen LogP contribution in [0.3, 0.4) is 0 Å². The number of carbonyl (C=O) groups excluding carboxylic acids is 2. The molecule has 0 radical (unpaired) electrons. The standard InChI is InChI=1S/C54H85N3O17P2/c1-3-5-7-9-11-13-15-17-18-19-20-21-22-23-25-27-29-31-33-37-49(60)69-41-44(72-50(61)38-34-36-46(59)45(58)35-32-30-28-26-24-16-14-12-10-8-6-4-2)42-70-75(65,66)74-76(67,68)71-43-47-51(62)52(63)53(73-47)57-40-39-48(55)56-54(57)64/h5,7,11-14,17-18,20-21,23-26,30,32,39-40,44-47,51-53,58-59,62-63H,3-4,6,8-10,15-16,19,22,27-29,31,33-38,41-43H2,1-2H3,(H,65,66)(H,67,68)(H2,55,56,64)/b7-5-,13-11-,14-12-,18-17-,21-20-,25-23-,26-24-,32-30-/t44-,45?,46?,47-,51-,52-,53-/m1/s1. The molecule has 0 amide bonds. The van der Waals surface area contributed by atoms with E-state index in [0.717, 1.165) is 75.0 Å². The van der Waals surface area contributed by atoms with Crippen LogP contribution in [0, 0.1) is 0 Å². The van der Waals surface area contributed by atoms with E-state index in [1.165, 1.54) is 25.3 Å². The van der Waals surface area contributed by atoms with Crippen LogP contribution in [0.15, 0.2) is 114 Å². The van der Waals surface area contributed by atoms with Crippen LogP contribution in [0.5, 0.6) is 0 Å². The molecular formula is C54H85N3O17P2. The molecule has 1 saturated heterocycles. The molecule has 0 saturated carbocycles. The first-order valence-corrected chi connectivity index (χ1v) is 29.4. The SMILES string of the molecule is CC/C=C\C/C=C\C/C=C\C/C=C\C/C=C\CCCCCC(=O)OC[C@H](COP(=O)(O)OP(=O)(O)OC[C@H]1O[C@@H](n2ccc(N)nc2=O)[C@H](O)[C@@H]1O)OC(=O)CCCC(O)C(O)C/C=C\C/C=C\C/C=C\CCCCC. The average molecular weight is 1110 g/mol. The predicted octanol–water partition coefficient (Wildman–Crippen LogP) is 9.16. The third-order valence-electron chi connectivity index (χ3n) is 11.4. The number of anilines is 1. The van der Waals surface area contributed by atoms with Crippen molar-refractivity contribution in [3.05, 3.63) is 120 Å². The smallest absolute Gasteiger partial charge is 0.462 e. The Kier molecular flexibility index (Phi) is 36.3. The van der Waals surface area contributed by atoms with E-state index in [-0.39, 0.29) is 37.9 Å². The molecule has 22 heteroatoms. The van der Waals surface area contributed by atoms with Gasteiger partial charge in [-0.3, -0.25) is 23.2 Å². The minimum Gasteiger partial charge on any atom is -0.462 e. The van der Waals surface area contributed by atoms with E-state index in [1.54, 1.807) is 6.08 Å². The van der Waals surface area contributed by atoms with Crippen molar-refractivity contribution in [2.24, 2.45) is 0 Å². The van der Waals surface area contributed by atoms with Gasteiger partial charge in [-0.25, -0.2) is 13.9 Å². The topological polar surface area (TPSA) is 306 Å². The third kappa shape index (κ3) is 32.4. The van der Waals surface area contributed by atoms with E-state index < -0.39 is 95.9 Å². The number of allylic oxidation sites excluding steroid dienone is 15. The van der Waals surface area contributed by atoms with Crippen LogP contribution in [0.4, 0.5) is 5.82 Å². The van der Waals surface area contributed by atoms with Crippen molar-refractivity contribution in [1.82, 2.24) is 9.55 Å². The number of unbranched alkanes of at least 4 members (excludes halogenated alkanes) is 6. The number of phosphoric acid groups is 2. The number of hydrogen-bond acceptors (Lipinski definition) is 17. The highest BCUT2D eigenvalue weighted by Crippen LogP contribution is 2.60. The van der Waals surface area contributed by atoms with Crippen LogP contribution < -0.4 is 11.4 Å². The molecular weight excluding hydrogens is 1020 g/mol. The summed E-state index contributed by atoms with van der Waals surface area (Å²) in [7, 11) is -11.0. The van der Waals surface area contributed by atoms with Crippen molar-refractivity contribution in [3.8, 4) is 0 Å². The minimum atomic E-state index is -5.52. The van der Waals surface area contributed by atoms with Gasteiger partial charge in [0.2, 0.25) is 0 Å². The number of nitrogen functional groups attached to an aromatic ring is 1. The third-order valence-corrected chi connectivity index (χ3v) is 14.0. The van der Waals surface area contributed by atoms with Crippen LogP contribution >= 0.6 is 15.6 Å². The van der Waals surface area contributed by atoms with Crippen LogP contribution in [0.1, 0.15) is 148 Å². The molecule has 1 aliphatic rings. The molecule has 1 aromatic rings. The monoisotopic (exact) mass is 1110 g/mol. The lowest BCUT2D eigenvalue weighted by Gasteiger charge is -2.22. The fourth-order valence-electron chi connectivity index (χ4n) is 7.15. The summed E-state index contributed by atoms with van der Waals surface area (Å²) in [5, 5.41) is 41.9. The number of aliphatic hydroxyl groups excluding tert-OH is 4. The molecule has 2 heterocycles. The van der Waals surface area contributed by atoms with Gasteiger partial charge in [-0.05, 0) is 102 Å². The van der Waals surface area contributed by atoms with E-state index in [1.807, 2.05) is 12.2 Å². The van der Waals surface area contributed by atoms with Gasteiger partial charge in [-0.2, -0.15) is 9.29 Å². The van der Waals surface area contributed by atoms with Crippen LogP contribution in [0.25, 0.3) is 0 Å². The quantitative estimate of drug-likeness (QED) is 0.0139. The number of nitrogens with two attached hydrogens (primary N) is 1. The maximum atomic E-state index is 12.9. The van der Waals surface area contributed by atoms with Gasteiger partial charge in [-0.1, -0.05) is 130 Å². The number of nitrogens with zero attached hydrogens (tertiary/aromatic N) is 2. The zero-order chi connectivity index (χ0) is 55.9. The maximum absolute atomic E-state index is 12.9. The molecule has 1 aromatic heterocycles. The second-order valence-electron chi connectivity index (χ2n) is 17.9. The first-order chi connectivity index (χ1) is 36.5. The number of hydrogen-bond donors (Lipinski definition) is 7. The Bertz CT molecular complexity index is 2190. The van der Waals surface area contributed by atoms with Gasteiger partial charge in [0.25, 0.3) is 0 Å². The Labute approximate surface area is 448 Å². The fraction of sp³-hybridized carbons (Fsp3) is 0.593. The zero-order valence-corrected chi connectivity index (χ0v) is 46.0. The highest BCUT2D eigenvalue weighted by atomic mass is 31.3. The largest absolute Gasteiger partial charge is 0.481 e. The van der Waals surface area contributed by atoms with Gasteiger partial charge in [-0.15, -0.1) is 0 Å². The summed E-state index contributed by atoms with van der Waals surface area (Å²) in [5.74, 6) is -1.65. The summed E-state index contributed by atoms with van der Waals surface area (Å²) >= 11 is 0. The normalized spacial score (nSPS) is 20.3. The molecule has 1 aliphatic heterocycles. The number of ether oxygens (including phenoxy) is 3. The molecule has 4 unspecified atom stereocenters. The van der Waals surface area contributed by atoms with E-state index in [0.29, 0.717) is 12.8 Å². The average Bonchev–Trinajstić information content (AvgIpc) is 3.65. The zero-order valence-electron chi connectivity index (χ0n) is 44.2. The van der Waals surface area contributed by atoms with Gasteiger partial charge < -0.3 is 50.2 Å². The first-order valence-electron chi connectivity index (χ1n) is 26.4. The van der Waals surface area contributed by atoms with E-state index in [9.17, 15) is 53.7 Å². The fourth-order valence-corrected chi connectivity index (χ4v) is 9.26. The molecule has 20 nitrogen and oxygen atoms in total. The van der Waals surface area contributed by atoms with Gasteiger partial charge >= 0.3 is 33.3 Å². The molecule has 1 fully saturated rings. The number of esters is 2. The van der Waals surface area contributed by atoms with E-state index in [4.69, 9.17) is 29.0 Å². The van der Waals surface area contributed by atoms with Crippen LogP contribution in [-0.4, -0.2) is 108 Å². The Morgan fingerprint density at radius 3 is 1.82 bits per heavy atom. The summed E-state index contributed by atoms with van der Waals surface area (Å²) in [5.41, 5.74) is 4.56. The Hall–Kier alpha value is -4.40. The van der Waals surface area contributed by atoms with Crippen LogP contribution in [-0.2, 0) is 46.3 Å². The Morgan fingerprint density at radius 1 is 0.697 bits per heavy atom. The van der Waals surface area contributed by atoms with E-state index >= 15 is 0 Å². The molecule has 0 aliphatic carbocycles. The summed E-state index contributed by atoms with van der Waals surface area (Å²) < 4.78 is 56.6. The van der Waals surface area contributed by atoms with Crippen molar-refractivity contribution in [2.75, 3.05) is 25.6 Å². The highest BCUT2D eigenvalue weighted by molar-refractivity contribution is 7.61. The lowest BCUT2D eigenvalue weighted by molar-refractivity contribution is -0.161. The van der Waals surface area contributed by atoms with E-state index in [2.05, 4.69) is 102 Å². The second-order valence-corrected chi connectivity index (χ2v) is 21.0. The summed E-state index contributed by atoms with van der Waals surface area (Å²) in [6.07, 6.45) is 37.8. The lowest BCUT2D eigenvalue weighted by atomic mass is 10.0. The number of phosphoric ester groups is 2. The molecule has 0 spiro atoms. The second kappa shape index (κ2) is 40.8. The number of aromatic nitrogens is 2. The maximum Gasteiger partial charge on any atom is 0.481 e. The Balaban J connectivity index is 1.88. The molecule has 0 bridgehead atoms. The van der Waals surface area contributed by atoms with Crippen molar-refractivity contribution >= 4 is 33.4 Å². The van der Waals surface area contributed by atoms with Crippen molar-refractivity contribution in [2.45, 2.75) is 185 Å². The molecule has 9 atom stereocenters. The van der Waals surface area contributed by atoms with Crippen molar-refractivity contribution in [1.29, 1.82) is 0 Å². The van der Waals surface area contributed by atoms with Gasteiger partial charge in [0, 0.05) is 19.0 Å². The number of aliphatic hydroxyl groups is 4. The number of rotatable bonds is 42. The van der Waals surface area contributed by atoms with Gasteiger partial charge in [0.1, 0.15) is 30.7 Å². The van der Waals surface area contributed by atoms with Crippen molar-refractivity contribution < 1.29 is 76.5 Å². The summed E-state index contributed by atoms with van der Waals surface area (Å²) in [4.78, 5) is 62.0. The molecule has 76 heavy (non-hydrogen) atoms. The summed E-state index contributed by atoms with van der Waals surface area (Å²) in [6.45, 7) is 1.69. The van der Waals surface area contributed by atoms with Gasteiger partial charge in [0.15, 0.2) is 12.3 Å². The molecule has 2 rings (SSSR count). The van der Waals surface area contributed by atoms with Crippen LogP contribution in [0.2, 0.25) is 0 Å². The minimum absolute atomic E-state index is 0.0214. The summed E-state index contributed by atoms with van der Waals surface area (Å²) in [6, 6.07) is 1.23. The molecule has 0 aromatic carbocycles. The predicted molar refractivity (Wildman–Crippen MR) is 291 cm³/mol. The highest BCUT2D eigenvalue weighted by Gasteiger charge is 2.46. The lowest BCUT2D eigenvalue weighted by Crippen LogP contribution is -2.36. The number of carbonyl (C=O) groups is 2. The van der Waals surface area contributed by atoms with Crippen molar-refractivity contribution in [3.63, 3.8) is 0 Å².